The topological polar surface area (TPSA) is 74.7 Å². The molecule has 1 rings (SSSR count). The first-order valence-electron chi connectivity index (χ1n) is 6.88. The average molecular weight is 291 g/mol. The highest BCUT2D eigenvalue weighted by atomic mass is 16.4. The van der Waals surface area contributed by atoms with Crippen LogP contribution in [-0.2, 0) is 16.0 Å². The largest absolute Gasteiger partial charge is 0.481 e. The first-order valence-corrected chi connectivity index (χ1v) is 6.88. The van der Waals surface area contributed by atoms with Crippen LogP contribution in [0.2, 0.25) is 0 Å². The number of aliphatic carboxylic acids is 1. The van der Waals surface area contributed by atoms with Gasteiger partial charge in [-0.2, -0.15) is 0 Å². The predicted molar refractivity (Wildman–Crippen MR) is 79.3 cm³/mol. The lowest BCUT2D eigenvalue weighted by molar-refractivity contribution is -0.137. The Morgan fingerprint density at radius 2 is 1.71 bits per heavy atom. The fourth-order valence-electron chi connectivity index (χ4n) is 1.98. The van der Waals surface area contributed by atoms with Crippen molar-refractivity contribution in [3.63, 3.8) is 0 Å². The van der Waals surface area contributed by atoms with Crippen LogP contribution >= 0.6 is 0 Å². The number of benzene rings is 1. The molecule has 1 aromatic rings. The number of amides is 1. The Labute approximate surface area is 124 Å². The highest BCUT2D eigenvalue weighted by Crippen LogP contribution is 2.12. The molecule has 0 aromatic heterocycles. The van der Waals surface area contributed by atoms with Gasteiger partial charge in [-0.1, -0.05) is 24.3 Å². The van der Waals surface area contributed by atoms with E-state index in [1.54, 1.807) is 24.1 Å². The highest BCUT2D eigenvalue weighted by molar-refractivity contribution is 5.97. The molecule has 0 radical (unpaired) electrons. The van der Waals surface area contributed by atoms with Gasteiger partial charge in [0.15, 0.2) is 5.78 Å². The fraction of sp³-hybridized carbons (Fsp3) is 0.438. The molecule has 5 nitrogen and oxygen atoms in total. The average Bonchev–Trinajstić information content (AvgIpc) is 2.44. The Morgan fingerprint density at radius 1 is 1.14 bits per heavy atom. The second-order valence-electron chi connectivity index (χ2n) is 5.20. The molecule has 1 aromatic carbocycles. The lowest BCUT2D eigenvalue weighted by Gasteiger charge is -2.23. The summed E-state index contributed by atoms with van der Waals surface area (Å²) in [7, 11) is 1.76. The van der Waals surface area contributed by atoms with Crippen molar-refractivity contribution in [3.8, 4) is 0 Å². The molecule has 0 saturated carbocycles. The van der Waals surface area contributed by atoms with Crippen molar-refractivity contribution < 1.29 is 19.5 Å². The molecule has 0 aliphatic carbocycles. The van der Waals surface area contributed by atoms with E-state index in [9.17, 15) is 14.4 Å². The third kappa shape index (κ3) is 5.38. The van der Waals surface area contributed by atoms with E-state index in [0.29, 0.717) is 12.0 Å². The smallest absolute Gasteiger partial charge is 0.303 e. The van der Waals surface area contributed by atoms with Gasteiger partial charge in [-0.3, -0.25) is 14.4 Å². The summed E-state index contributed by atoms with van der Waals surface area (Å²) in [4.78, 5) is 35.2. The number of carboxylic acid groups (broad SMARTS) is 1. The molecule has 0 heterocycles. The molecule has 0 spiro atoms. The van der Waals surface area contributed by atoms with Crippen LogP contribution in [0.3, 0.4) is 0 Å². The van der Waals surface area contributed by atoms with Crippen molar-refractivity contribution in [3.05, 3.63) is 35.4 Å². The summed E-state index contributed by atoms with van der Waals surface area (Å²) in [6, 6.07) is 7.19. The van der Waals surface area contributed by atoms with Gasteiger partial charge in [-0.05, 0) is 18.9 Å². The maximum absolute atomic E-state index is 11.8. The quantitative estimate of drug-likeness (QED) is 0.781. The first kappa shape index (κ1) is 16.9. The number of carboxylic acids is 1. The lowest BCUT2D eigenvalue weighted by atomic mass is 10.0. The summed E-state index contributed by atoms with van der Waals surface area (Å²) < 4.78 is 0. The van der Waals surface area contributed by atoms with Crippen LogP contribution in [0.1, 0.15) is 42.6 Å². The van der Waals surface area contributed by atoms with Crippen molar-refractivity contribution in [2.24, 2.45) is 0 Å². The predicted octanol–water partition coefficient (Wildman–Crippen LogP) is 2.14. The lowest BCUT2D eigenvalue weighted by Crippen LogP contribution is -2.34. The minimum absolute atomic E-state index is 0.0121. The second-order valence-corrected chi connectivity index (χ2v) is 5.20. The van der Waals surface area contributed by atoms with Crippen LogP contribution in [-0.4, -0.2) is 40.8 Å². The Balaban J connectivity index is 2.63. The molecular formula is C16H21NO4. The van der Waals surface area contributed by atoms with Crippen LogP contribution in [0.25, 0.3) is 0 Å². The standard InChI is InChI=1S/C16H21NO4/c1-11(17(3)12(2)18)10-13-4-6-14(7-5-13)15(19)8-9-16(20)21/h4-7,11H,8-10H2,1-3H3,(H,20,21). The van der Waals surface area contributed by atoms with Crippen LogP contribution in [0.4, 0.5) is 0 Å². The van der Waals surface area contributed by atoms with E-state index in [2.05, 4.69) is 0 Å². The summed E-state index contributed by atoms with van der Waals surface area (Å²) in [6.45, 7) is 3.49. The first-order chi connectivity index (χ1) is 9.81. The monoisotopic (exact) mass is 291 g/mol. The summed E-state index contributed by atoms with van der Waals surface area (Å²) in [5.74, 6) is -1.12. The Morgan fingerprint density at radius 3 is 2.19 bits per heavy atom. The van der Waals surface area contributed by atoms with Crippen LogP contribution in [0.15, 0.2) is 24.3 Å². The van der Waals surface area contributed by atoms with Crippen molar-refractivity contribution in [1.82, 2.24) is 4.90 Å². The van der Waals surface area contributed by atoms with Gasteiger partial charge in [0.05, 0.1) is 6.42 Å². The number of likely N-dealkylation sites (N-methyl/N-ethyl adjacent to an activating group) is 1. The molecule has 21 heavy (non-hydrogen) atoms. The molecule has 0 fully saturated rings. The Bertz CT molecular complexity index is 522. The molecule has 0 saturated heterocycles. The van der Waals surface area contributed by atoms with Gasteiger partial charge in [0.2, 0.25) is 5.91 Å². The van der Waals surface area contributed by atoms with Gasteiger partial charge >= 0.3 is 5.97 Å². The SMILES string of the molecule is CC(=O)N(C)C(C)Cc1ccc(C(=O)CCC(=O)O)cc1. The van der Waals surface area contributed by atoms with Crippen molar-refractivity contribution in [2.45, 2.75) is 39.2 Å². The molecule has 0 bridgehead atoms. The summed E-state index contributed by atoms with van der Waals surface area (Å²) in [5, 5.41) is 8.56. The van der Waals surface area contributed by atoms with E-state index in [-0.39, 0.29) is 30.6 Å². The molecule has 0 aliphatic rings. The molecule has 1 unspecified atom stereocenters. The van der Waals surface area contributed by atoms with Gasteiger partial charge in [-0.25, -0.2) is 0 Å². The zero-order valence-electron chi connectivity index (χ0n) is 12.6. The maximum Gasteiger partial charge on any atom is 0.303 e. The van der Waals surface area contributed by atoms with E-state index in [1.165, 1.54) is 6.92 Å². The Kier molecular flexibility index (Phi) is 6.09. The summed E-state index contributed by atoms with van der Waals surface area (Å²) in [6.07, 6.45) is 0.568. The van der Waals surface area contributed by atoms with Crippen molar-refractivity contribution in [1.29, 1.82) is 0 Å². The number of nitrogens with zero attached hydrogens (tertiary/aromatic N) is 1. The maximum atomic E-state index is 11.8. The summed E-state index contributed by atoms with van der Waals surface area (Å²) in [5.41, 5.74) is 1.55. The van der Waals surface area contributed by atoms with Crippen LogP contribution in [0, 0.1) is 0 Å². The third-order valence-electron chi connectivity index (χ3n) is 3.53. The van der Waals surface area contributed by atoms with Crippen LogP contribution < -0.4 is 0 Å². The molecular weight excluding hydrogens is 270 g/mol. The van der Waals surface area contributed by atoms with E-state index in [1.807, 2.05) is 19.1 Å². The number of hydrogen-bond donors (Lipinski definition) is 1. The number of hydrogen-bond acceptors (Lipinski definition) is 3. The van der Waals surface area contributed by atoms with Gasteiger partial charge < -0.3 is 10.0 Å². The third-order valence-corrected chi connectivity index (χ3v) is 3.53. The minimum Gasteiger partial charge on any atom is -0.481 e. The molecule has 1 atom stereocenters. The van der Waals surface area contributed by atoms with Crippen molar-refractivity contribution in [2.75, 3.05) is 7.05 Å². The highest BCUT2D eigenvalue weighted by Gasteiger charge is 2.13. The Hall–Kier alpha value is -2.17. The summed E-state index contributed by atoms with van der Waals surface area (Å²) >= 11 is 0. The molecule has 114 valence electrons. The van der Waals surface area contributed by atoms with E-state index >= 15 is 0 Å². The number of ketones is 1. The fourth-order valence-corrected chi connectivity index (χ4v) is 1.98. The van der Waals surface area contributed by atoms with E-state index < -0.39 is 5.97 Å². The molecule has 5 heteroatoms. The van der Waals surface area contributed by atoms with Gasteiger partial charge in [0, 0.05) is 32.0 Å². The molecule has 1 amide bonds. The normalized spacial score (nSPS) is 11.8. The van der Waals surface area contributed by atoms with Gasteiger partial charge in [0.25, 0.3) is 0 Å². The van der Waals surface area contributed by atoms with E-state index in [0.717, 1.165) is 5.56 Å². The van der Waals surface area contributed by atoms with E-state index in [4.69, 9.17) is 5.11 Å². The van der Waals surface area contributed by atoms with Crippen molar-refractivity contribution >= 4 is 17.7 Å². The number of carbonyl (C=O) groups is 3. The zero-order chi connectivity index (χ0) is 16.0. The number of Topliss-reactive ketones (excluding diaryl/α,β-unsaturated/α-hetero) is 1. The second kappa shape index (κ2) is 7.57. The van der Waals surface area contributed by atoms with Gasteiger partial charge in [-0.15, -0.1) is 0 Å². The molecule has 1 N–H and O–H groups in total. The number of rotatable bonds is 7. The number of carbonyl (C=O) groups excluding carboxylic acids is 2. The molecule has 0 aliphatic heterocycles. The zero-order valence-corrected chi connectivity index (χ0v) is 12.6. The minimum atomic E-state index is -0.971. The van der Waals surface area contributed by atoms with Gasteiger partial charge in [0.1, 0.15) is 0 Å². The van der Waals surface area contributed by atoms with Crippen LogP contribution in [0.5, 0.6) is 0 Å².